The van der Waals surface area contributed by atoms with Gasteiger partial charge in [0.05, 0.1) is 27.5 Å². The molecule has 1 unspecified atom stereocenters. The molecule has 2 aromatic carbocycles. The number of hydrogen-bond donors (Lipinski definition) is 1. The average Bonchev–Trinajstić information content (AvgIpc) is 3.08. The monoisotopic (exact) mass is 384 g/mol. The Balaban J connectivity index is 1.44. The van der Waals surface area contributed by atoms with Gasteiger partial charge in [0.15, 0.2) is 0 Å². The van der Waals surface area contributed by atoms with Gasteiger partial charge in [-0.2, -0.15) is 0 Å². The third kappa shape index (κ3) is 4.85. The maximum absolute atomic E-state index is 12.2. The summed E-state index contributed by atoms with van der Waals surface area (Å²) in [6, 6.07) is 14.2. The number of fused-ring (bicyclic) bond motifs is 1. The van der Waals surface area contributed by atoms with Crippen LogP contribution >= 0.6 is 11.8 Å². The number of amides is 1. The molecule has 0 saturated heterocycles. The molecule has 3 aromatic rings. The third-order valence-electron chi connectivity index (χ3n) is 4.13. The van der Waals surface area contributed by atoms with Gasteiger partial charge in [-0.1, -0.05) is 12.1 Å². The first-order valence-electron chi connectivity index (χ1n) is 8.63. The molecule has 1 N–H and O–H groups in total. The fourth-order valence-electron chi connectivity index (χ4n) is 2.70. The Morgan fingerprint density at radius 3 is 2.74 bits per heavy atom. The fraction of sp³-hybridized carbons (Fsp3) is 0.263. The number of nitro benzene ring substituents is 1. The van der Waals surface area contributed by atoms with Crippen LogP contribution in [0, 0.1) is 10.1 Å². The zero-order valence-electron chi connectivity index (χ0n) is 14.9. The van der Waals surface area contributed by atoms with E-state index in [4.69, 9.17) is 0 Å². The average molecular weight is 384 g/mol. The van der Waals surface area contributed by atoms with E-state index in [1.165, 1.54) is 23.9 Å². The smallest absolute Gasteiger partial charge is 0.269 e. The molecule has 0 aliphatic rings. The lowest BCUT2D eigenvalue weighted by Crippen LogP contribution is -2.32. The summed E-state index contributed by atoms with van der Waals surface area (Å²) in [5.41, 5.74) is 2.10. The van der Waals surface area contributed by atoms with Crippen LogP contribution in [0.15, 0.2) is 59.8 Å². The summed E-state index contributed by atoms with van der Waals surface area (Å²) in [4.78, 5) is 27.7. The summed E-state index contributed by atoms with van der Waals surface area (Å²) < 4.78 is 2.08. The SMILES string of the molecule is CC(Sc1ccc([N+](=O)[O-])cc1)C(=O)NCCCn1cnc2ccccc21. The number of nitrogens with one attached hydrogen (secondary N) is 1. The van der Waals surface area contributed by atoms with Gasteiger partial charge in [0.25, 0.3) is 5.69 Å². The Morgan fingerprint density at radius 2 is 2.00 bits per heavy atom. The summed E-state index contributed by atoms with van der Waals surface area (Å²) in [6.07, 6.45) is 2.63. The summed E-state index contributed by atoms with van der Waals surface area (Å²) in [6.45, 7) is 3.19. The van der Waals surface area contributed by atoms with E-state index in [1.54, 1.807) is 12.1 Å². The molecule has 140 valence electrons. The lowest BCUT2D eigenvalue weighted by molar-refractivity contribution is -0.384. The van der Waals surface area contributed by atoms with Gasteiger partial charge in [0, 0.05) is 30.1 Å². The van der Waals surface area contributed by atoms with Crippen molar-refractivity contribution in [1.82, 2.24) is 14.9 Å². The van der Waals surface area contributed by atoms with E-state index in [9.17, 15) is 14.9 Å². The van der Waals surface area contributed by atoms with Crippen LogP contribution in [0.5, 0.6) is 0 Å². The van der Waals surface area contributed by atoms with Crippen molar-refractivity contribution in [3.63, 3.8) is 0 Å². The van der Waals surface area contributed by atoms with Crippen LogP contribution in [0.4, 0.5) is 5.69 Å². The highest BCUT2D eigenvalue weighted by Gasteiger charge is 2.14. The van der Waals surface area contributed by atoms with Crippen LogP contribution in [0.1, 0.15) is 13.3 Å². The fourth-order valence-corrected chi connectivity index (χ4v) is 3.59. The second kappa shape index (κ2) is 8.68. The summed E-state index contributed by atoms with van der Waals surface area (Å²) in [5, 5.41) is 13.3. The van der Waals surface area contributed by atoms with Crippen molar-refractivity contribution in [2.24, 2.45) is 0 Å². The lowest BCUT2D eigenvalue weighted by atomic mass is 10.3. The number of hydrogen-bond acceptors (Lipinski definition) is 5. The molecule has 1 heterocycles. The number of nitro groups is 1. The zero-order chi connectivity index (χ0) is 19.2. The molecular weight excluding hydrogens is 364 g/mol. The third-order valence-corrected chi connectivity index (χ3v) is 5.24. The van der Waals surface area contributed by atoms with E-state index in [0.29, 0.717) is 6.54 Å². The Kier molecular flexibility index (Phi) is 6.08. The largest absolute Gasteiger partial charge is 0.355 e. The molecule has 1 atom stereocenters. The van der Waals surface area contributed by atoms with Gasteiger partial charge in [-0.15, -0.1) is 11.8 Å². The molecule has 0 spiro atoms. The van der Waals surface area contributed by atoms with Gasteiger partial charge < -0.3 is 9.88 Å². The normalized spacial score (nSPS) is 12.0. The first-order chi connectivity index (χ1) is 13.0. The van der Waals surface area contributed by atoms with E-state index in [-0.39, 0.29) is 16.8 Å². The second-order valence-corrected chi connectivity index (χ2v) is 7.50. The van der Waals surface area contributed by atoms with Gasteiger partial charge in [0.2, 0.25) is 5.91 Å². The zero-order valence-corrected chi connectivity index (χ0v) is 15.7. The molecule has 8 heteroatoms. The topological polar surface area (TPSA) is 90.1 Å². The molecule has 0 fully saturated rings. The molecule has 0 bridgehead atoms. The van der Waals surface area contributed by atoms with E-state index in [2.05, 4.69) is 14.9 Å². The molecule has 3 rings (SSSR count). The number of carbonyl (C=O) groups excluding carboxylic acids is 1. The minimum absolute atomic E-state index is 0.0449. The van der Waals surface area contributed by atoms with Crippen molar-refractivity contribution in [2.75, 3.05) is 6.54 Å². The summed E-state index contributed by atoms with van der Waals surface area (Å²) in [5.74, 6) is -0.0474. The number of nitrogens with zero attached hydrogens (tertiary/aromatic N) is 3. The molecular formula is C19H20N4O3S. The maximum Gasteiger partial charge on any atom is 0.269 e. The van der Waals surface area contributed by atoms with Crippen LogP contribution in [0.25, 0.3) is 11.0 Å². The van der Waals surface area contributed by atoms with Gasteiger partial charge >= 0.3 is 0 Å². The first kappa shape index (κ1) is 18.9. The molecule has 1 aromatic heterocycles. The standard InChI is InChI=1S/C19H20N4O3S/c1-14(27-16-9-7-15(8-10-16)23(25)26)19(24)20-11-4-12-22-13-21-17-5-2-3-6-18(17)22/h2-3,5-10,13-14H,4,11-12H2,1H3,(H,20,24). The predicted octanol–water partition coefficient (Wildman–Crippen LogP) is 3.63. The Bertz CT molecular complexity index is 940. The van der Waals surface area contributed by atoms with Crippen molar-refractivity contribution in [3.05, 3.63) is 65.0 Å². The van der Waals surface area contributed by atoms with Gasteiger partial charge in [-0.05, 0) is 37.6 Å². The number of aryl methyl sites for hydroxylation is 1. The lowest BCUT2D eigenvalue weighted by Gasteiger charge is -2.12. The quantitative estimate of drug-likeness (QED) is 0.277. The molecule has 27 heavy (non-hydrogen) atoms. The second-order valence-electron chi connectivity index (χ2n) is 6.08. The Labute approximate surface area is 160 Å². The highest BCUT2D eigenvalue weighted by molar-refractivity contribution is 8.00. The molecule has 7 nitrogen and oxygen atoms in total. The number of imidazole rings is 1. The van der Waals surface area contributed by atoms with Crippen LogP contribution in [-0.4, -0.2) is 32.2 Å². The molecule has 0 radical (unpaired) electrons. The van der Waals surface area contributed by atoms with Crippen molar-refractivity contribution >= 4 is 34.4 Å². The first-order valence-corrected chi connectivity index (χ1v) is 9.51. The molecule has 1 amide bonds. The van der Waals surface area contributed by atoms with Crippen molar-refractivity contribution in [1.29, 1.82) is 0 Å². The molecule has 0 saturated carbocycles. The number of carbonyl (C=O) groups is 1. The van der Waals surface area contributed by atoms with Gasteiger partial charge in [-0.25, -0.2) is 4.98 Å². The minimum atomic E-state index is -0.436. The number of aromatic nitrogens is 2. The molecule has 0 aliphatic carbocycles. The van der Waals surface area contributed by atoms with Crippen molar-refractivity contribution in [3.8, 4) is 0 Å². The predicted molar refractivity (Wildman–Crippen MR) is 106 cm³/mol. The number of non-ortho nitro benzene ring substituents is 1. The van der Waals surface area contributed by atoms with Crippen LogP contribution in [0.3, 0.4) is 0 Å². The number of rotatable bonds is 8. The Hall–Kier alpha value is -2.87. The summed E-state index contributed by atoms with van der Waals surface area (Å²) >= 11 is 1.38. The van der Waals surface area contributed by atoms with E-state index < -0.39 is 4.92 Å². The number of para-hydroxylation sites is 2. The number of thioether (sulfide) groups is 1. The van der Waals surface area contributed by atoms with E-state index in [1.807, 2.05) is 37.5 Å². The van der Waals surface area contributed by atoms with Crippen LogP contribution in [0.2, 0.25) is 0 Å². The highest BCUT2D eigenvalue weighted by Crippen LogP contribution is 2.25. The van der Waals surface area contributed by atoms with Gasteiger partial charge in [-0.3, -0.25) is 14.9 Å². The summed E-state index contributed by atoms with van der Waals surface area (Å²) in [7, 11) is 0. The number of benzene rings is 2. The minimum Gasteiger partial charge on any atom is -0.355 e. The van der Waals surface area contributed by atoms with E-state index >= 15 is 0 Å². The Morgan fingerprint density at radius 1 is 1.26 bits per heavy atom. The van der Waals surface area contributed by atoms with Crippen molar-refractivity contribution in [2.45, 2.75) is 30.0 Å². The van der Waals surface area contributed by atoms with Gasteiger partial charge in [0.1, 0.15) is 0 Å². The van der Waals surface area contributed by atoms with Crippen molar-refractivity contribution < 1.29 is 9.72 Å². The van der Waals surface area contributed by atoms with Crippen LogP contribution in [-0.2, 0) is 11.3 Å². The van der Waals surface area contributed by atoms with E-state index in [0.717, 1.165) is 28.9 Å². The van der Waals surface area contributed by atoms with Crippen LogP contribution < -0.4 is 5.32 Å². The highest BCUT2D eigenvalue weighted by atomic mass is 32.2. The molecule has 0 aliphatic heterocycles. The maximum atomic E-state index is 12.2.